The number of benzene rings is 1. The lowest BCUT2D eigenvalue weighted by Gasteiger charge is -2.38. The second-order valence-electron chi connectivity index (χ2n) is 8.49. The van der Waals surface area contributed by atoms with Crippen LogP contribution in [0.1, 0.15) is 42.2 Å². The SMILES string of the molecule is COc1ccc2ncc(Cl)c([C@H](O)CCC3(C(=O)O)CCN(CC#Cc4cncs4)CC3)c2c1. The number of nitrogens with zero attached hydrogens (tertiary/aromatic N) is 3. The highest BCUT2D eigenvalue weighted by Gasteiger charge is 2.41. The highest BCUT2D eigenvalue weighted by Crippen LogP contribution is 2.41. The molecular formula is C25H26ClN3O4S. The number of carboxylic acids is 1. The fourth-order valence-electron chi connectivity index (χ4n) is 4.42. The van der Waals surface area contributed by atoms with Crippen LogP contribution >= 0.6 is 22.9 Å². The monoisotopic (exact) mass is 499 g/mol. The molecule has 1 aliphatic rings. The molecule has 0 aliphatic carbocycles. The highest BCUT2D eigenvalue weighted by atomic mass is 35.5. The maximum atomic E-state index is 12.3. The number of halogens is 1. The number of piperidine rings is 1. The number of pyridine rings is 1. The summed E-state index contributed by atoms with van der Waals surface area (Å²) < 4.78 is 5.31. The molecule has 1 aromatic carbocycles. The molecule has 0 unspecified atom stereocenters. The lowest BCUT2D eigenvalue weighted by Crippen LogP contribution is -2.44. The number of carboxylic acid groups (broad SMARTS) is 1. The molecule has 1 atom stereocenters. The molecule has 0 spiro atoms. The van der Waals surface area contributed by atoms with Gasteiger partial charge in [-0.05, 0) is 43.9 Å². The number of rotatable bonds is 7. The largest absolute Gasteiger partial charge is 0.497 e. The van der Waals surface area contributed by atoms with E-state index in [0.717, 1.165) is 4.88 Å². The average Bonchev–Trinajstić information content (AvgIpc) is 3.36. The van der Waals surface area contributed by atoms with Gasteiger partial charge in [0.1, 0.15) is 5.75 Å². The summed E-state index contributed by atoms with van der Waals surface area (Å²) in [5, 5.41) is 22.2. The fraction of sp³-hybridized carbons (Fsp3) is 0.400. The molecule has 2 aromatic heterocycles. The maximum absolute atomic E-state index is 12.3. The van der Waals surface area contributed by atoms with Crippen molar-refractivity contribution in [2.75, 3.05) is 26.7 Å². The predicted octanol–water partition coefficient (Wildman–Crippen LogP) is 4.39. The number of hydrogen-bond donors (Lipinski definition) is 2. The lowest BCUT2D eigenvalue weighted by molar-refractivity contribution is -0.153. The van der Waals surface area contributed by atoms with E-state index in [1.165, 1.54) is 17.5 Å². The number of hydrogen-bond acceptors (Lipinski definition) is 7. The van der Waals surface area contributed by atoms with Gasteiger partial charge in [-0.3, -0.25) is 19.7 Å². The molecule has 34 heavy (non-hydrogen) atoms. The number of methoxy groups -OCH3 is 1. The molecular weight excluding hydrogens is 474 g/mol. The van der Waals surface area contributed by atoms with Gasteiger partial charge in [-0.25, -0.2) is 0 Å². The van der Waals surface area contributed by atoms with Gasteiger partial charge in [0, 0.05) is 30.2 Å². The zero-order valence-corrected chi connectivity index (χ0v) is 20.4. The van der Waals surface area contributed by atoms with Crippen molar-refractivity contribution in [1.82, 2.24) is 14.9 Å². The van der Waals surface area contributed by atoms with Crippen molar-refractivity contribution in [3.63, 3.8) is 0 Å². The Kier molecular flexibility index (Phi) is 7.69. The first-order valence-corrected chi connectivity index (χ1v) is 12.3. The topological polar surface area (TPSA) is 95.8 Å². The summed E-state index contributed by atoms with van der Waals surface area (Å²) in [6.07, 6.45) is 4.01. The quantitative estimate of drug-likeness (QED) is 0.465. The van der Waals surface area contributed by atoms with Crippen LogP contribution in [0.3, 0.4) is 0 Å². The van der Waals surface area contributed by atoms with Gasteiger partial charge in [0.25, 0.3) is 0 Å². The third-order valence-corrected chi connectivity index (χ3v) is 7.50. The van der Waals surface area contributed by atoms with Crippen LogP contribution in [0, 0.1) is 17.3 Å². The second-order valence-corrected chi connectivity index (χ2v) is 9.78. The molecule has 3 aromatic rings. The third-order valence-electron chi connectivity index (χ3n) is 6.51. The minimum Gasteiger partial charge on any atom is -0.497 e. The molecule has 0 radical (unpaired) electrons. The van der Waals surface area contributed by atoms with Crippen LogP contribution in [0.5, 0.6) is 5.75 Å². The summed E-state index contributed by atoms with van der Waals surface area (Å²) in [6, 6.07) is 5.41. The number of likely N-dealkylation sites (tertiary alicyclic amines) is 1. The number of aliphatic hydroxyl groups is 1. The van der Waals surface area contributed by atoms with Crippen LogP contribution in [0.2, 0.25) is 5.02 Å². The van der Waals surface area contributed by atoms with E-state index in [-0.39, 0.29) is 6.42 Å². The Labute approximate surface area is 207 Å². The molecule has 7 nitrogen and oxygen atoms in total. The molecule has 178 valence electrons. The Bertz CT molecular complexity index is 1210. The minimum absolute atomic E-state index is 0.285. The zero-order chi connectivity index (χ0) is 24.1. The van der Waals surface area contributed by atoms with Crippen LogP contribution in [0.15, 0.2) is 36.1 Å². The Hall–Kier alpha value is -2.70. The summed E-state index contributed by atoms with van der Waals surface area (Å²) in [5.74, 6) is 6.06. The van der Waals surface area contributed by atoms with E-state index in [0.29, 0.717) is 66.1 Å². The molecule has 9 heteroatoms. The van der Waals surface area contributed by atoms with Gasteiger partial charge in [-0.2, -0.15) is 0 Å². The van der Waals surface area contributed by atoms with Crippen molar-refractivity contribution >= 4 is 39.8 Å². The Balaban J connectivity index is 1.43. The molecule has 0 amide bonds. The van der Waals surface area contributed by atoms with Crippen LogP contribution in [-0.2, 0) is 4.79 Å². The number of carbonyl (C=O) groups is 1. The fourth-order valence-corrected chi connectivity index (χ4v) is 5.18. The van der Waals surface area contributed by atoms with E-state index in [4.69, 9.17) is 16.3 Å². The van der Waals surface area contributed by atoms with Crippen molar-refractivity contribution in [1.29, 1.82) is 0 Å². The van der Waals surface area contributed by atoms with Crippen LogP contribution in [0.25, 0.3) is 10.9 Å². The number of aromatic nitrogens is 2. The van der Waals surface area contributed by atoms with Gasteiger partial charge < -0.3 is 14.9 Å². The number of aliphatic carboxylic acids is 1. The molecule has 0 bridgehead atoms. The van der Waals surface area contributed by atoms with Gasteiger partial charge in [0.2, 0.25) is 0 Å². The molecule has 3 heterocycles. The number of fused-ring (bicyclic) bond motifs is 1. The third kappa shape index (κ3) is 5.34. The van der Waals surface area contributed by atoms with Gasteiger partial charge in [0.05, 0.1) is 52.3 Å². The van der Waals surface area contributed by atoms with E-state index in [9.17, 15) is 15.0 Å². The van der Waals surface area contributed by atoms with E-state index < -0.39 is 17.5 Å². The number of thiazole rings is 1. The van der Waals surface area contributed by atoms with Gasteiger partial charge in [-0.15, -0.1) is 11.3 Å². The van der Waals surface area contributed by atoms with E-state index in [2.05, 4.69) is 26.7 Å². The number of aliphatic hydroxyl groups excluding tert-OH is 1. The van der Waals surface area contributed by atoms with Gasteiger partial charge in [0.15, 0.2) is 0 Å². The van der Waals surface area contributed by atoms with E-state index >= 15 is 0 Å². The summed E-state index contributed by atoms with van der Waals surface area (Å²) in [7, 11) is 1.57. The first-order valence-electron chi connectivity index (χ1n) is 11.1. The van der Waals surface area contributed by atoms with Crippen molar-refractivity contribution in [2.45, 2.75) is 31.8 Å². The van der Waals surface area contributed by atoms with Gasteiger partial charge >= 0.3 is 5.97 Å². The Morgan fingerprint density at radius 1 is 1.35 bits per heavy atom. The summed E-state index contributed by atoms with van der Waals surface area (Å²) in [4.78, 5) is 23.7. The van der Waals surface area contributed by atoms with Gasteiger partial charge in [-0.1, -0.05) is 23.4 Å². The zero-order valence-electron chi connectivity index (χ0n) is 18.8. The van der Waals surface area contributed by atoms with E-state index in [1.807, 2.05) is 6.07 Å². The molecule has 1 aliphatic heterocycles. The first kappa shape index (κ1) is 24.4. The molecule has 2 N–H and O–H groups in total. The second kappa shape index (κ2) is 10.7. The molecule has 1 saturated heterocycles. The summed E-state index contributed by atoms with van der Waals surface area (Å²) >= 11 is 7.91. The highest BCUT2D eigenvalue weighted by molar-refractivity contribution is 7.10. The van der Waals surface area contributed by atoms with Crippen LogP contribution in [-0.4, -0.2) is 57.8 Å². The number of ether oxygens (including phenoxy) is 1. The maximum Gasteiger partial charge on any atom is 0.309 e. The van der Waals surface area contributed by atoms with Crippen LogP contribution in [0.4, 0.5) is 0 Å². The van der Waals surface area contributed by atoms with Crippen molar-refractivity contribution in [2.24, 2.45) is 5.41 Å². The smallest absolute Gasteiger partial charge is 0.309 e. The molecule has 1 fully saturated rings. The molecule has 4 rings (SSSR count). The van der Waals surface area contributed by atoms with Crippen molar-refractivity contribution in [3.05, 3.63) is 51.6 Å². The van der Waals surface area contributed by atoms with Crippen molar-refractivity contribution in [3.8, 4) is 17.6 Å². The van der Waals surface area contributed by atoms with E-state index in [1.54, 1.807) is 30.9 Å². The minimum atomic E-state index is -0.912. The summed E-state index contributed by atoms with van der Waals surface area (Å²) in [5.41, 5.74) is 2.12. The normalized spacial score (nSPS) is 16.6. The first-order chi connectivity index (χ1) is 16.4. The summed E-state index contributed by atoms with van der Waals surface area (Å²) in [6.45, 7) is 1.89. The predicted molar refractivity (Wildman–Crippen MR) is 132 cm³/mol. The Morgan fingerprint density at radius 2 is 2.15 bits per heavy atom. The average molecular weight is 500 g/mol. The molecule has 0 saturated carbocycles. The standard InChI is InChI=1S/C25H26ClN3O4S/c1-33-17-4-5-21-19(13-17)23(20(26)15-28-21)22(30)6-7-25(24(31)32)8-11-29(12-9-25)10-2-3-18-14-27-16-34-18/h4-5,13-16,22,30H,6-12H2,1H3,(H,31,32)/t22-/m1/s1. The van der Waals surface area contributed by atoms with Crippen LogP contribution < -0.4 is 4.74 Å². The van der Waals surface area contributed by atoms with Crippen molar-refractivity contribution < 1.29 is 19.7 Å². The Morgan fingerprint density at radius 3 is 2.82 bits per heavy atom. The lowest BCUT2D eigenvalue weighted by atomic mass is 9.74.